The first kappa shape index (κ1) is 14.9. The third-order valence-corrected chi connectivity index (χ3v) is 3.09. The summed E-state index contributed by atoms with van der Waals surface area (Å²) in [7, 11) is 0. The molecule has 0 saturated carbocycles. The van der Waals surface area contributed by atoms with Crippen molar-refractivity contribution in [2.45, 2.75) is 45.2 Å². The van der Waals surface area contributed by atoms with Gasteiger partial charge in [-0.15, -0.1) is 0 Å². The average Bonchev–Trinajstić information content (AvgIpc) is 2.30. The van der Waals surface area contributed by atoms with Gasteiger partial charge in [-0.3, -0.25) is 0 Å². The molecule has 1 atom stereocenters. The lowest BCUT2D eigenvalue weighted by Crippen LogP contribution is -2.23. The first-order valence-electron chi connectivity index (χ1n) is 6.28. The van der Waals surface area contributed by atoms with Gasteiger partial charge in [-0.2, -0.15) is 13.2 Å². The lowest BCUT2D eigenvalue weighted by molar-refractivity contribution is -0.178. The zero-order valence-electron chi connectivity index (χ0n) is 10.5. The molecule has 1 unspecified atom stereocenters. The Kier molecular flexibility index (Phi) is 5.51. The van der Waals surface area contributed by atoms with E-state index in [4.69, 9.17) is 5.11 Å². The number of hydrogen-bond acceptors (Lipinski definition) is 1. The van der Waals surface area contributed by atoms with E-state index in [1.54, 1.807) is 12.1 Å². The molecule has 1 rings (SSSR count). The van der Waals surface area contributed by atoms with Gasteiger partial charge in [0.15, 0.2) is 0 Å². The van der Waals surface area contributed by atoms with Crippen LogP contribution in [0.2, 0.25) is 0 Å². The molecule has 0 spiro atoms. The molecule has 4 heteroatoms. The zero-order chi connectivity index (χ0) is 13.6. The third kappa shape index (κ3) is 4.98. The molecule has 0 heterocycles. The van der Waals surface area contributed by atoms with Gasteiger partial charge in [-0.05, 0) is 37.0 Å². The maximum Gasteiger partial charge on any atom is 0.391 e. The zero-order valence-corrected chi connectivity index (χ0v) is 10.5. The van der Waals surface area contributed by atoms with E-state index in [2.05, 4.69) is 0 Å². The largest absolute Gasteiger partial charge is 0.508 e. The first-order chi connectivity index (χ1) is 8.43. The summed E-state index contributed by atoms with van der Waals surface area (Å²) >= 11 is 0. The normalized spacial score (nSPS) is 13.6. The van der Waals surface area contributed by atoms with Gasteiger partial charge in [0, 0.05) is 0 Å². The van der Waals surface area contributed by atoms with E-state index >= 15 is 0 Å². The standard InChI is InChI=1S/C14H19F3O/c1-2-3-4-12(14(15,16)17)8-5-11-6-9-13(18)10-7-11/h6-7,9-10,12,18H,2-5,8H2,1H3. The van der Waals surface area contributed by atoms with Gasteiger partial charge in [0.05, 0.1) is 5.92 Å². The van der Waals surface area contributed by atoms with Gasteiger partial charge in [0.1, 0.15) is 5.75 Å². The van der Waals surface area contributed by atoms with E-state index in [0.29, 0.717) is 12.8 Å². The van der Waals surface area contributed by atoms with E-state index in [1.807, 2.05) is 6.92 Å². The van der Waals surface area contributed by atoms with Crippen LogP contribution in [-0.2, 0) is 6.42 Å². The lowest BCUT2D eigenvalue weighted by Gasteiger charge is -2.20. The Hall–Kier alpha value is -1.19. The number of halogens is 3. The van der Waals surface area contributed by atoms with Gasteiger partial charge in [0.25, 0.3) is 0 Å². The fourth-order valence-corrected chi connectivity index (χ4v) is 1.93. The van der Waals surface area contributed by atoms with Crippen LogP contribution in [0.3, 0.4) is 0 Å². The molecule has 0 bridgehead atoms. The van der Waals surface area contributed by atoms with Crippen LogP contribution in [0.25, 0.3) is 0 Å². The first-order valence-corrected chi connectivity index (χ1v) is 6.28. The molecule has 0 aliphatic carbocycles. The summed E-state index contributed by atoms with van der Waals surface area (Å²) in [6.07, 6.45) is -1.99. The quantitative estimate of drug-likeness (QED) is 0.786. The molecule has 1 aromatic carbocycles. The van der Waals surface area contributed by atoms with Crippen molar-refractivity contribution >= 4 is 0 Å². The molecule has 0 aromatic heterocycles. The van der Waals surface area contributed by atoms with Gasteiger partial charge in [-0.25, -0.2) is 0 Å². The number of rotatable bonds is 6. The molecule has 0 amide bonds. The van der Waals surface area contributed by atoms with E-state index in [1.165, 1.54) is 12.1 Å². The Labute approximate surface area is 106 Å². The molecule has 0 fully saturated rings. The number of unbranched alkanes of at least 4 members (excludes halogenated alkanes) is 1. The highest BCUT2D eigenvalue weighted by Gasteiger charge is 2.38. The number of hydrogen-bond donors (Lipinski definition) is 1. The van der Waals surface area contributed by atoms with Crippen molar-refractivity contribution in [3.05, 3.63) is 29.8 Å². The maximum atomic E-state index is 12.8. The van der Waals surface area contributed by atoms with Gasteiger partial charge in [0.2, 0.25) is 0 Å². The second-order valence-corrected chi connectivity index (χ2v) is 4.59. The number of benzene rings is 1. The number of aromatic hydroxyl groups is 1. The van der Waals surface area contributed by atoms with Crippen LogP contribution in [-0.4, -0.2) is 11.3 Å². The molecule has 102 valence electrons. The second kappa shape index (κ2) is 6.66. The van der Waals surface area contributed by atoms with Crippen LogP contribution in [0.15, 0.2) is 24.3 Å². The molecule has 1 N–H and O–H groups in total. The van der Waals surface area contributed by atoms with Crippen molar-refractivity contribution in [2.24, 2.45) is 5.92 Å². The monoisotopic (exact) mass is 260 g/mol. The van der Waals surface area contributed by atoms with Crippen molar-refractivity contribution in [1.82, 2.24) is 0 Å². The summed E-state index contributed by atoms with van der Waals surface area (Å²) in [4.78, 5) is 0. The summed E-state index contributed by atoms with van der Waals surface area (Å²) in [5.74, 6) is -1.08. The Morgan fingerprint density at radius 2 is 1.72 bits per heavy atom. The van der Waals surface area contributed by atoms with Gasteiger partial charge in [-0.1, -0.05) is 31.9 Å². The minimum absolute atomic E-state index is 0.119. The molecule has 1 nitrogen and oxygen atoms in total. The molecule has 18 heavy (non-hydrogen) atoms. The number of phenolic OH excluding ortho intramolecular Hbond substituents is 1. The molecule has 0 saturated heterocycles. The summed E-state index contributed by atoms with van der Waals surface area (Å²) in [5.41, 5.74) is 0.832. The highest BCUT2D eigenvalue weighted by atomic mass is 19.4. The van der Waals surface area contributed by atoms with Crippen LogP contribution in [0.5, 0.6) is 5.75 Å². The van der Waals surface area contributed by atoms with Crippen LogP contribution in [0.4, 0.5) is 13.2 Å². The smallest absolute Gasteiger partial charge is 0.391 e. The van der Waals surface area contributed by atoms with Gasteiger partial charge < -0.3 is 5.11 Å². The van der Waals surface area contributed by atoms with E-state index in [9.17, 15) is 13.2 Å². The fraction of sp³-hybridized carbons (Fsp3) is 0.571. The average molecular weight is 260 g/mol. The molecular weight excluding hydrogens is 241 g/mol. The van der Waals surface area contributed by atoms with Crippen molar-refractivity contribution in [1.29, 1.82) is 0 Å². The highest BCUT2D eigenvalue weighted by molar-refractivity contribution is 5.25. The third-order valence-electron chi connectivity index (χ3n) is 3.09. The minimum Gasteiger partial charge on any atom is -0.508 e. The fourth-order valence-electron chi connectivity index (χ4n) is 1.93. The van der Waals surface area contributed by atoms with Crippen LogP contribution < -0.4 is 0 Å². The Balaban J connectivity index is 2.53. The van der Waals surface area contributed by atoms with Crippen molar-refractivity contribution in [3.63, 3.8) is 0 Å². The van der Waals surface area contributed by atoms with E-state index in [0.717, 1.165) is 12.0 Å². The molecule has 1 aromatic rings. The minimum atomic E-state index is -4.11. The lowest BCUT2D eigenvalue weighted by atomic mass is 9.94. The van der Waals surface area contributed by atoms with Crippen LogP contribution in [0, 0.1) is 5.92 Å². The van der Waals surface area contributed by atoms with Crippen molar-refractivity contribution < 1.29 is 18.3 Å². The van der Waals surface area contributed by atoms with Crippen molar-refractivity contribution in [3.8, 4) is 5.75 Å². The molecule has 0 aliphatic rings. The Morgan fingerprint density at radius 3 is 2.22 bits per heavy atom. The number of aryl methyl sites for hydroxylation is 1. The summed E-state index contributed by atoms with van der Waals surface area (Å²) in [6, 6.07) is 6.35. The highest BCUT2D eigenvalue weighted by Crippen LogP contribution is 2.33. The number of alkyl halides is 3. The topological polar surface area (TPSA) is 20.2 Å². The maximum absolute atomic E-state index is 12.8. The predicted molar refractivity (Wildman–Crippen MR) is 65.5 cm³/mol. The predicted octanol–water partition coefficient (Wildman–Crippen LogP) is 4.69. The number of phenols is 1. The molecule has 0 aliphatic heterocycles. The SMILES string of the molecule is CCCCC(CCc1ccc(O)cc1)C(F)(F)F. The molecule has 0 radical (unpaired) electrons. The molecular formula is C14H19F3O. The summed E-state index contributed by atoms with van der Waals surface area (Å²) in [6.45, 7) is 1.90. The van der Waals surface area contributed by atoms with Gasteiger partial charge >= 0.3 is 6.18 Å². The summed E-state index contributed by atoms with van der Waals surface area (Å²) < 4.78 is 38.3. The Bertz CT molecular complexity index is 343. The van der Waals surface area contributed by atoms with E-state index < -0.39 is 12.1 Å². The van der Waals surface area contributed by atoms with E-state index in [-0.39, 0.29) is 18.6 Å². The van der Waals surface area contributed by atoms with Crippen molar-refractivity contribution in [2.75, 3.05) is 0 Å². The Morgan fingerprint density at radius 1 is 1.11 bits per heavy atom. The van der Waals surface area contributed by atoms with Crippen LogP contribution in [0.1, 0.15) is 38.2 Å². The second-order valence-electron chi connectivity index (χ2n) is 4.59. The van der Waals surface area contributed by atoms with Crippen LogP contribution >= 0.6 is 0 Å². The summed E-state index contributed by atoms with van der Waals surface area (Å²) in [5, 5.41) is 9.10.